The second kappa shape index (κ2) is 6.33. The molecule has 3 heteroatoms. The van der Waals surface area contributed by atoms with E-state index in [2.05, 4.69) is 0 Å². The zero-order chi connectivity index (χ0) is 12.0. The summed E-state index contributed by atoms with van der Waals surface area (Å²) in [5.41, 5.74) is 1.06. The largest absolute Gasteiger partial charge is 0.349 e. The Bertz CT molecular complexity index is 385. The van der Waals surface area contributed by atoms with Gasteiger partial charge < -0.3 is 4.90 Å². The van der Waals surface area contributed by atoms with E-state index in [1.54, 1.807) is 19.0 Å². The Morgan fingerprint density at radius 2 is 2.19 bits per heavy atom. The van der Waals surface area contributed by atoms with Crippen LogP contribution in [0.25, 0.3) is 6.08 Å². The molecular formula is C13H16ClNO. The summed E-state index contributed by atoms with van der Waals surface area (Å²) >= 11 is 5.85. The summed E-state index contributed by atoms with van der Waals surface area (Å²) in [7, 11) is 3.53. The van der Waals surface area contributed by atoms with Crippen LogP contribution in [0.5, 0.6) is 0 Å². The predicted octanol–water partition coefficient (Wildman–Crippen LogP) is 3.22. The first kappa shape index (κ1) is 12.8. The molecular weight excluding hydrogens is 222 g/mol. The van der Waals surface area contributed by atoms with Gasteiger partial charge in [0, 0.05) is 25.5 Å². The number of carbonyl (C=O) groups excluding carboxylic acids is 1. The Balaban J connectivity index is 2.41. The molecule has 1 rings (SSSR count). The lowest BCUT2D eigenvalue weighted by Gasteiger charge is -2.07. The first-order valence-corrected chi connectivity index (χ1v) is 5.59. The van der Waals surface area contributed by atoms with Crippen molar-refractivity contribution < 1.29 is 4.79 Å². The third-order valence-corrected chi connectivity index (χ3v) is 2.42. The van der Waals surface area contributed by atoms with Gasteiger partial charge in [-0.15, -0.1) is 0 Å². The van der Waals surface area contributed by atoms with Gasteiger partial charge >= 0.3 is 0 Å². The number of hydrogen-bond acceptors (Lipinski definition) is 1. The Morgan fingerprint density at radius 3 is 2.81 bits per heavy atom. The van der Waals surface area contributed by atoms with Crippen LogP contribution in [0, 0.1) is 0 Å². The molecule has 16 heavy (non-hydrogen) atoms. The fourth-order valence-electron chi connectivity index (χ4n) is 1.26. The van der Waals surface area contributed by atoms with E-state index >= 15 is 0 Å². The van der Waals surface area contributed by atoms with Gasteiger partial charge in [0.25, 0.3) is 0 Å². The molecule has 0 unspecified atom stereocenters. The summed E-state index contributed by atoms with van der Waals surface area (Å²) < 4.78 is 0. The van der Waals surface area contributed by atoms with Crippen molar-refractivity contribution in [3.05, 3.63) is 40.9 Å². The summed E-state index contributed by atoms with van der Waals surface area (Å²) in [6, 6.07) is 7.63. The average molecular weight is 238 g/mol. The van der Waals surface area contributed by atoms with Crippen LogP contribution in [0.2, 0.25) is 5.02 Å². The van der Waals surface area contributed by atoms with E-state index in [1.165, 1.54) is 0 Å². The monoisotopic (exact) mass is 237 g/mol. The van der Waals surface area contributed by atoms with E-state index in [0.29, 0.717) is 6.42 Å². The molecule has 1 aromatic carbocycles. The number of carbonyl (C=O) groups is 1. The molecule has 0 aliphatic rings. The SMILES string of the molecule is CN(C)C(=O)CC/C=C/c1cccc(Cl)c1. The summed E-state index contributed by atoms with van der Waals surface area (Å²) in [5.74, 6) is 0.149. The Kier molecular flexibility index (Phi) is 5.06. The molecule has 1 amide bonds. The van der Waals surface area contributed by atoms with Crippen molar-refractivity contribution in [2.45, 2.75) is 12.8 Å². The molecule has 0 aromatic heterocycles. The van der Waals surface area contributed by atoms with Gasteiger partial charge in [0.15, 0.2) is 0 Å². The predicted molar refractivity (Wildman–Crippen MR) is 68.4 cm³/mol. The molecule has 0 radical (unpaired) electrons. The first-order valence-electron chi connectivity index (χ1n) is 5.22. The van der Waals surface area contributed by atoms with Gasteiger partial charge in [-0.25, -0.2) is 0 Å². The van der Waals surface area contributed by atoms with Gasteiger partial charge in [-0.3, -0.25) is 4.79 Å². The standard InChI is InChI=1S/C13H16ClNO/c1-15(2)13(16)9-4-3-6-11-7-5-8-12(14)10-11/h3,5-8,10H,4,9H2,1-2H3/b6-3+. The highest BCUT2D eigenvalue weighted by Gasteiger charge is 2.00. The van der Waals surface area contributed by atoms with Crippen LogP contribution in [-0.2, 0) is 4.79 Å². The minimum Gasteiger partial charge on any atom is -0.349 e. The topological polar surface area (TPSA) is 20.3 Å². The quantitative estimate of drug-likeness (QED) is 0.788. The Hall–Kier alpha value is -1.28. The van der Waals surface area contributed by atoms with Crippen molar-refractivity contribution in [3.63, 3.8) is 0 Å². The van der Waals surface area contributed by atoms with Crippen LogP contribution in [0.4, 0.5) is 0 Å². The van der Waals surface area contributed by atoms with Crippen molar-refractivity contribution in [3.8, 4) is 0 Å². The van der Waals surface area contributed by atoms with Crippen molar-refractivity contribution in [1.29, 1.82) is 0 Å². The number of rotatable bonds is 4. The zero-order valence-corrected chi connectivity index (χ0v) is 10.4. The van der Waals surface area contributed by atoms with E-state index in [1.807, 2.05) is 36.4 Å². The average Bonchev–Trinajstić information content (AvgIpc) is 2.24. The van der Waals surface area contributed by atoms with Crippen molar-refractivity contribution in [2.24, 2.45) is 0 Å². The van der Waals surface area contributed by atoms with Crippen molar-refractivity contribution >= 4 is 23.6 Å². The Labute approximate surface area is 102 Å². The maximum atomic E-state index is 11.3. The number of allylic oxidation sites excluding steroid dienone is 1. The molecule has 1 aromatic rings. The number of benzene rings is 1. The third-order valence-electron chi connectivity index (χ3n) is 2.18. The third kappa shape index (κ3) is 4.49. The van der Waals surface area contributed by atoms with Crippen LogP contribution in [0.15, 0.2) is 30.3 Å². The molecule has 0 saturated carbocycles. The molecule has 0 bridgehead atoms. The summed E-state index contributed by atoms with van der Waals surface area (Å²) in [5, 5.41) is 0.728. The summed E-state index contributed by atoms with van der Waals surface area (Å²) in [4.78, 5) is 12.9. The van der Waals surface area contributed by atoms with Crippen LogP contribution in [-0.4, -0.2) is 24.9 Å². The molecule has 0 aliphatic heterocycles. The van der Waals surface area contributed by atoms with E-state index in [0.717, 1.165) is 17.0 Å². The molecule has 0 fully saturated rings. The van der Waals surface area contributed by atoms with E-state index in [4.69, 9.17) is 11.6 Å². The maximum Gasteiger partial charge on any atom is 0.222 e. The molecule has 0 saturated heterocycles. The fourth-order valence-corrected chi connectivity index (χ4v) is 1.46. The minimum atomic E-state index is 0.149. The van der Waals surface area contributed by atoms with Gasteiger partial charge in [0.05, 0.1) is 0 Å². The van der Waals surface area contributed by atoms with Crippen molar-refractivity contribution in [2.75, 3.05) is 14.1 Å². The number of hydrogen-bond donors (Lipinski definition) is 0. The smallest absolute Gasteiger partial charge is 0.222 e. The van der Waals surface area contributed by atoms with E-state index in [-0.39, 0.29) is 5.91 Å². The van der Waals surface area contributed by atoms with E-state index in [9.17, 15) is 4.79 Å². The van der Waals surface area contributed by atoms with Gasteiger partial charge in [0.1, 0.15) is 0 Å². The highest BCUT2D eigenvalue weighted by atomic mass is 35.5. The highest BCUT2D eigenvalue weighted by molar-refractivity contribution is 6.30. The normalized spacial score (nSPS) is 10.7. The molecule has 2 nitrogen and oxygen atoms in total. The van der Waals surface area contributed by atoms with Gasteiger partial charge in [-0.05, 0) is 24.1 Å². The molecule has 0 atom stereocenters. The van der Waals surface area contributed by atoms with Gasteiger partial charge in [-0.1, -0.05) is 35.9 Å². The Morgan fingerprint density at radius 1 is 1.44 bits per heavy atom. The number of halogens is 1. The number of nitrogens with zero attached hydrogens (tertiary/aromatic N) is 1. The van der Waals surface area contributed by atoms with Crippen molar-refractivity contribution in [1.82, 2.24) is 4.90 Å². The summed E-state index contributed by atoms with van der Waals surface area (Å²) in [6.07, 6.45) is 5.27. The molecule has 0 heterocycles. The molecule has 0 N–H and O–H groups in total. The molecule has 0 spiro atoms. The summed E-state index contributed by atoms with van der Waals surface area (Å²) in [6.45, 7) is 0. The lowest BCUT2D eigenvalue weighted by atomic mass is 10.2. The highest BCUT2D eigenvalue weighted by Crippen LogP contribution is 2.12. The molecule has 0 aliphatic carbocycles. The zero-order valence-electron chi connectivity index (χ0n) is 9.61. The van der Waals surface area contributed by atoms with Crippen LogP contribution < -0.4 is 0 Å². The van der Waals surface area contributed by atoms with Gasteiger partial charge in [-0.2, -0.15) is 0 Å². The number of amides is 1. The lowest BCUT2D eigenvalue weighted by Crippen LogP contribution is -2.20. The maximum absolute atomic E-state index is 11.3. The molecule has 86 valence electrons. The second-order valence-corrected chi connectivity index (χ2v) is 4.22. The van der Waals surface area contributed by atoms with Crippen LogP contribution in [0.3, 0.4) is 0 Å². The van der Waals surface area contributed by atoms with Crippen LogP contribution >= 0.6 is 11.6 Å². The minimum absolute atomic E-state index is 0.149. The van der Waals surface area contributed by atoms with Crippen LogP contribution in [0.1, 0.15) is 18.4 Å². The van der Waals surface area contributed by atoms with Gasteiger partial charge in [0.2, 0.25) is 5.91 Å². The van der Waals surface area contributed by atoms with E-state index < -0.39 is 0 Å². The lowest BCUT2D eigenvalue weighted by molar-refractivity contribution is -0.128. The second-order valence-electron chi connectivity index (χ2n) is 3.78. The fraction of sp³-hybridized carbons (Fsp3) is 0.308. The first-order chi connectivity index (χ1) is 7.59.